The predicted octanol–water partition coefficient (Wildman–Crippen LogP) is 2.29. The summed E-state index contributed by atoms with van der Waals surface area (Å²) >= 11 is 1.51. The standard InChI is InChI=1S/C14H17NO3S2/c16-14(13-7-9-19-10-13)6-8-15-20(17,18)11-12-4-2-1-3-5-12/h1-5,7,9-10,14-16H,6,8,11H2. The Kier molecular flexibility index (Phi) is 5.31. The summed E-state index contributed by atoms with van der Waals surface area (Å²) in [5.41, 5.74) is 1.58. The van der Waals surface area contributed by atoms with Gasteiger partial charge in [0.05, 0.1) is 11.9 Å². The molecule has 2 rings (SSSR count). The first kappa shape index (κ1) is 15.2. The number of benzene rings is 1. The molecule has 0 amide bonds. The smallest absolute Gasteiger partial charge is 0.215 e. The van der Waals surface area contributed by atoms with Crippen molar-refractivity contribution in [2.24, 2.45) is 0 Å². The molecule has 0 fully saturated rings. The van der Waals surface area contributed by atoms with Crippen molar-refractivity contribution in [2.45, 2.75) is 18.3 Å². The van der Waals surface area contributed by atoms with E-state index < -0.39 is 16.1 Å². The number of aliphatic hydroxyl groups is 1. The number of hydrogen-bond acceptors (Lipinski definition) is 4. The van der Waals surface area contributed by atoms with Gasteiger partial charge in [-0.05, 0) is 34.4 Å². The third-order valence-corrected chi connectivity index (χ3v) is 4.93. The van der Waals surface area contributed by atoms with E-state index in [4.69, 9.17) is 0 Å². The van der Waals surface area contributed by atoms with Crippen LogP contribution in [0.4, 0.5) is 0 Å². The van der Waals surface area contributed by atoms with E-state index in [9.17, 15) is 13.5 Å². The monoisotopic (exact) mass is 311 g/mol. The molecule has 0 bridgehead atoms. The van der Waals surface area contributed by atoms with Crippen molar-refractivity contribution < 1.29 is 13.5 Å². The Bertz CT molecular complexity index is 609. The van der Waals surface area contributed by atoms with Crippen LogP contribution in [0.3, 0.4) is 0 Å². The first-order valence-corrected chi connectivity index (χ1v) is 8.88. The maximum Gasteiger partial charge on any atom is 0.215 e. The summed E-state index contributed by atoms with van der Waals surface area (Å²) in [5, 5.41) is 13.6. The highest BCUT2D eigenvalue weighted by Crippen LogP contribution is 2.18. The summed E-state index contributed by atoms with van der Waals surface area (Å²) in [6.45, 7) is 0.228. The molecule has 2 N–H and O–H groups in total. The Hall–Kier alpha value is -1.21. The third-order valence-electron chi connectivity index (χ3n) is 2.87. The van der Waals surface area contributed by atoms with E-state index in [1.807, 2.05) is 35.0 Å². The number of hydrogen-bond donors (Lipinski definition) is 2. The molecule has 1 atom stereocenters. The van der Waals surface area contributed by atoms with E-state index in [0.717, 1.165) is 11.1 Å². The summed E-state index contributed by atoms with van der Waals surface area (Å²) in [6, 6.07) is 10.9. The van der Waals surface area contributed by atoms with Gasteiger partial charge in [-0.2, -0.15) is 11.3 Å². The lowest BCUT2D eigenvalue weighted by Crippen LogP contribution is -2.27. The lowest BCUT2D eigenvalue weighted by Gasteiger charge is -2.10. The van der Waals surface area contributed by atoms with Crippen molar-refractivity contribution in [3.63, 3.8) is 0 Å². The number of nitrogens with one attached hydrogen (secondary N) is 1. The highest BCUT2D eigenvalue weighted by atomic mass is 32.2. The van der Waals surface area contributed by atoms with Crippen molar-refractivity contribution in [2.75, 3.05) is 6.54 Å². The maximum atomic E-state index is 11.9. The zero-order chi connectivity index (χ0) is 14.4. The van der Waals surface area contributed by atoms with Crippen LogP contribution in [0.25, 0.3) is 0 Å². The Morgan fingerprint density at radius 3 is 2.60 bits per heavy atom. The molecule has 1 aromatic carbocycles. The second-order valence-corrected chi connectivity index (χ2v) is 7.09. The van der Waals surface area contributed by atoms with Crippen LogP contribution in [0, 0.1) is 0 Å². The molecule has 0 radical (unpaired) electrons. The van der Waals surface area contributed by atoms with Crippen LogP contribution < -0.4 is 4.72 Å². The topological polar surface area (TPSA) is 66.4 Å². The van der Waals surface area contributed by atoms with Crippen LogP contribution in [0.2, 0.25) is 0 Å². The van der Waals surface area contributed by atoms with Gasteiger partial charge in [0.1, 0.15) is 0 Å². The number of sulfonamides is 1. The van der Waals surface area contributed by atoms with Crippen molar-refractivity contribution in [1.82, 2.24) is 4.72 Å². The molecule has 0 saturated carbocycles. The fourth-order valence-electron chi connectivity index (χ4n) is 1.83. The fraction of sp³-hybridized carbons (Fsp3) is 0.286. The zero-order valence-corrected chi connectivity index (χ0v) is 12.5. The molecule has 20 heavy (non-hydrogen) atoms. The van der Waals surface area contributed by atoms with Gasteiger partial charge in [0.2, 0.25) is 10.0 Å². The summed E-state index contributed by atoms with van der Waals surface area (Å²) < 4.78 is 26.3. The van der Waals surface area contributed by atoms with Crippen LogP contribution in [-0.2, 0) is 15.8 Å². The van der Waals surface area contributed by atoms with Crippen LogP contribution in [0.1, 0.15) is 23.7 Å². The minimum atomic E-state index is -3.36. The van der Waals surface area contributed by atoms with Gasteiger partial charge in [-0.25, -0.2) is 13.1 Å². The molecule has 6 heteroatoms. The van der Waals surface area contributed by atoms with Crippen molar-refractivity contribution >= 4 is 21.4 Å². The first-order valence-electron chi connectivity index (χ1n) is 6.28. The normalized spacial score (nSPS) is 13.2. The van der Waals surface area contributed by atoms with Gasteiger partial charge in [-0.3, -0.25) is 0 Å². The SMILES string of the molecule is O=S(=O)(Cc1ccccc1)NCCC(O)c1ccsc1. The van der Waals surface area contributed by atoms with E-state index in [1.165, 1.54) is 11.3 Å². The van der Waals surface area contributed by atoms with Gasteiger partial charge >= 0.3 is 0 Å². The van der Waals surface area contributed by atoms with Crippen molar-refractivity contribution in [1.29, 1.82) is 0 Å². The molecule has 108 valence electrons. The predicted molar refractivity (Wildman–Crippen MR) is 81.0 cm³/mol. The zero-order valence-electron chi connectivity index (χ0n) is 10.9. The van der Waals surface area contributed by atoms with Crippen molar-refractivity contribution in [3.8, 4) is 0 Å². The van der Waals surface area contributed by atoms with E-state index in [2.05, 4.69) is 4.72 Å². The first-order chi connectivity index (χ1) is 9.57. The number of aliphatic hydroxyl groups excluding tert-OH is 1. The molecule has 2 aromatic rings. The summed E-state index contributed by atoms with van der Waals surface area (Å²) in [7, 11) is -3.36. The van der Waals surface area contributed by atoms with E-state index in [-0.39, 0.29) is 12.3 Å². The Labute approximate surface area is 123 Å². The number of rotatable bonds is 7. The minimum Gasteiger partial charge on any atom is -0.388 e. The van der Waals surface area contributed by atoms with E-state index in [1.54, 1.807) is 12.1 Å². The maximum absolute atomic E-state index is 11.9. The fourth-order valence-corrected chi connectivity index (χ4v) is 3.70. The van der Waals surface area contributed by atoms with Gasteiger partial charge in [-0.1, -0.05) is 30.3 Å². The van der Waals surface area contributed by atoms with Crippen LogP contribution in [-0.4, -0.2) is 20.1 Å². The van der Waals surface area contributed by atoms with E-state index in [0.29, 0.717) is 6.42 Å². The van der Waals surface area contributed by atoms with E-state index >= 15 is 0 Å². The Morgan fingerprint density at radius 2 is 1.95 bits per heavy atom. The van der Waals surface area contributed by atoms with Crippen LogP contribution >= 0.6 is 11.3 Å². The average Bonchev–Trinajstić information content (AvgIpc) is 2.93. The molecular formula is C14H17NO3S2. The van der Waals surface area contributed by atoms with Gasteiger partial charge in [0.15, 0.2) is 0 Å². The highest BCUT2D eigenvalue weighted by Gasteiger charge is 2.13. The second-order valence-electron chi connectivity index (χ2n) is 4.50. The Balaban J connectivity index is 1.81. The molecule has 4 nitrogen and oxygen atoms in total. The molecule has 0 aliphatic carbocycles. The molecular weight excluding hydrogens is 294 g/mol. The quantitative estimate of drug-likeness (QED) is 0.824. The van der Waals surface area contributed by atoms with Gasteiger partial charge < -0.3 is 5.11 Å². The summed E-state index contributed by atoms with van der Waals surface area (Å²) in [6.07, 6.45) is -0.259. The number of thiophene rings is 1. The average molecular weight is 311 g/mol. The molecule has 0 aliphatic rings. The summed E-state index contributed by atoms with van der Waals surface area (Å²) in [5.74, 6) is -0.0393. The van der Waals surface area contributed by atoms with Crippen molar-refractivity contribution in [3.05, 3.63) is 58.3 Å². The molecule has 0 spiro atoms. The highest BCUT2D eigenvalue weighted by molar-refractivity contribution is 7.88. The third kappa shape index (κ3) is 4.72. The second kappa shape index (κ2) is 6.99. The lowest BCUT2D eigenvalue weighted by atomic mass is 10.1. The minimum absolute atomic E-state index is 0.0393. The molecule has 1 heterocycles. The van der Waals surface area contributed by atoms with Gasteiger partial charge in [0.25, 0.3) is 0 Å². The van der Waals surface area contributed by atoms with Crippen LogP contribution in [0.5, 0.6) is 0 Å². The summed E-state index contributed by atoms with van der Waals surface area (Å²) in [4.78, 5) is 0. The molecule has 1 unspecified atom stereocenters. The largest absolute Gasteiger partial charge is 0.388 e. The molecule has 1 aromatic heterocycles. The molecule has 0 saturated heterocycles. The molecule has 0 aliphatic heterocycles. The van der Waals surface area contributed by atoms with Crippen LogP contribution in [0.15, 0.2) is 47.2 Å². The van der Waals surface area contributed by atoms with Gasteiger partial charge in [0, 0.05) is 6.54 Å². The lowest BCUT2D eigenvalue weighted by molar-refractivity contribution is 0.169. The Morgan fingerprint density at radius 1 is 1.20 bits per heavy atom. The van der Waals surface area contributed by atoms with Gasteiger partial charge in [-0.15, -0.1) is 0 Å².